The number of halogens is 2. The summed E-state index contributed by atoms with van der Waals surface area (Å²) >= 11 is -0.788. The largest absolute Gasteiger partial charge is 1.00 e. The predicted molar refractivity (Wildman–Crippen MR) is 102 cm³/mol. The van der Waals surface area contributed by atoms with Gasteiger partial charge in [-0.3, -0.25) is 0 Å². The minimum absolute atomic E-state index is 0. The van der Waals surface area contributed by atoms with Gasteiger partial charge in [0.2, 0.25) is 0 Å². The van der Waals surface area contributed by atoms with Crippen molar-refractivity contribution in [2.24, 2.45) is 0 Å². The number of allylic oxidation sites excluding steroid dienone is 2. The molecule has 2 atom stereocenters. The standard InChI is InChI=1S/C21H19O.C2H4.2ClH.Zr/c22-13-5-8-17-14-16-7-2-4-10-19(16)21(17)20-12-11-15-6-1-3-9-18(15)20;1-2;;;/h1-4,6-7,9-12,14,21-22H,5,8,13H2;1H,2H3;2*1H;/q;;;;+2/p-2. The van der Waals surface area contributed by atoms with E-state index in [1.807, 2.05) is 0 Å². The molecule has 0 saturated heterocycles. The van der Waals surface area contributed by atoms with Crippen molar-refractivity contribution in [3.05, 3.63) is 82.4 Å². The van der Waals surface area contributed by atoms with Gasteiger partial charge in [-0.05, 0) is 0 Å². The van der Waals surface area contributed by atoms with E-state index < -0.39 is 22.8 Å². The maximum Gasteiger partial charge on any atom is -1.00 e. The van der Waals surface area contributed by atoms with Crippen LogP contribution < -0.4 is 24.8 Å². The Kier molecular flexibility index (Phi) is 8.01. The number of rotatable bonds is 5. The van der Waals surface area contributed by atoms with Crippen molar-refractivity contribution in [1.82, 2.24) is 0 Å². The molecule has 0 heterocycles. The van der Waals surface area contributed by atoms with Crippen LogP contribution in [0.5, 0.6) is 0 Å². The van der Waals surface area contributed by atoms with Gasteiger partial charge >= 0.3 is 162 Å². The van der Waals surface area contributed by atoms with Crippen LogP contribution in [-0.4, -0.2) is 15.4 Å². The van der Waals surface area contributed by atoms with Crippen molar-refractivity contribution >= 4 is 15.9 Å². The fourth-order valence-electron chi connectivity index (χ4n) is 4.46. The van der Waals surface area contributed by atoms with E-state index >= 15 is 0 Å². The molecule has 139 valence electrons. The van der Waals surface area contributed by atoms with E-state index in [9.17, 15) is 5.11 Å². The number of hydrogen-bond acceptors (Lipinski definition) is 1. The zero-order chi connectivity index (χ0) is 17.3. The van der Waals surface area contributed by atoms with E-state index in [4.69, 9.17) is 0 Å². The second-order valence-electron chi connectivity index (χ2n) is 6.83. The third kappa shape index (κ3) is 3.87. The molecule has 0 spiro atoms. The van der Waals surface area contributed by atoms with E-state index in [2.05, 4.69) is 77.4 Å². The predicted octanol–water partition coefficient (Wildman–Crippen LogP) is -1.23. The number of benzene rings is 2. The molecule has 4 heteroatoms. The fourth-order valence-corrected chi connectivity index (χ4v) is 8.26. The minimum atomic E-state index is -0.788. The maximum absolute atomic E-state index is 9.38. The minimum Gasteiger partial charge on any atom is -1.00 e. The summed E-state index contributed by atoms with van der Waals surface area (Å²) in [5, 5.41) is 9.38. The fraction of sp³-hybridized carbons (Fsp3) is 0.261. The van der Waals surface area contributed by atoms with Crippen LogP contribution >= 0.6 is 0 Å². The van der Waals surface area contributed by atoms with Crippen LogP contribution in [0, 0.1) is 0 Å². The molecule has 0 amide bonds. The first-order chi connectivity index (χ1) is 12.3. The van der Waals surface area contributed by atoms with Gasteiger partial charge in [0.05, 0.1) is 0 Å². The van der Waals surface area contributed by atoms with E-state index in [1.54, 1.807) is 0 Å². The number of aliphatic hydroxyl groups is 1. The maximum atomic E-state index is 9.38. The number of hydrogen-bond donors (Lipinski definition) is 1. The Morgan fingerprint density at radius 2 is 1.74 bits per heavy atom. The summed E-state index contributed by atoms with van der Waals surface area (Å²) in [6.07, 6.45) is 9.06. The van der Waals surface area contributed by atoms with Gasteiger partial charge < -0.3 is 24.8 Å². The Balaban J connectivity index is 0.00000131. The van der Waals surface area contributed by atoms with Crippen molar-refractivity contribution in [1.29, 1.82) is 0 Å². The van der Waals surface area contributed by atoms with E-state index in [0.717, 1.165) is 12.8 Å². The van der Waals surface area contributed by atoms with E-state index in [-0.39, 0.29) is 34.5 Å². The monoisotopic (exact) mass is 475 g/mol. The van der Waals surface area contributed by atoms with Crippen molar-refractivity contribution in [3.63, 3.8) is 0 Å². The van der Waals surface area contributed by atoms with Crippen LogP contribution in [0.15, 0.2) is 60.2 Å². The summed E-state index contributed by atoms with van der Waals surface area (Å²) in [7, 11) is 0. The Morgan fingerprint density at radius 1 is 1.04 bits per heavy atom. The Hall–Kier alpha value is -0.787. The Bertz CT molecular complexity index is 887. The smallest absolute Gasteiger partial charge is 1.00 e. The summed E-state index contributed by atoms with van der Waals surface area (Å²) in [5.41, 5.74) is 7.24. The molecule has 2 aromatic rings. The number of aliphatic hydroxyl groups excluding tert-OH is 1. The summed E-state index contributed by atoms with van der Waals surface area (Å²) in [6.45, 7) is 2.50. The topological polar surface area (TPSA) is 20.2 Å². The van der Waals surface area contributed by atoms with Gasteiger partial charge in [-0.25, -0.2) is 0 Å². The van der Waals surface area contributed by atoms with Crippen LogP contribution in [0.3, 0.4) is 0 Å². The summed E-state index contributed by atoms with van der Waals surface area (Å²) < 4.78 is 2.63. The first kappa shape index (κ1) is 22.5. The van der Waals surface area contributed by atoms with Gasteiger partial charge in [-0.15, -0.1) is 0 Å². The second kappa shape index (κ2) is 9.61. The van der Waals surface area contributed by atoms with Crippen molar-refractivity contribution in [2.45, 2.75) is 28.8 Å². The molecule has 0 radical (unpaired) electrons. The summed E-state index contributed by atoms with van der Waals surface area (Å²) in [5.74, 6) is 0.429. The molecule has 4 rings (SSSR count). The molecular formula is C23H23Cl2OZr. The van der Waals surface area contributed by atoms with Crippen LogP contribution in [0.1, 0.15) is 47.9 Å². The molecule has 1 N–H and O–H groups in total. The van der Waals surface area contributed by atoms with Crippen LogP contribution in [0.4, 0.5) is 0 Å². The van der Waals surface area contributed by atoms with Gasteiger partial charge in [0.25, 0.3) is 0 Å². The summed E-state index contributed by atoms with van der Waals surface area (Å²) in [4.78, 5) is 0. The first-order valence-electron chi connectivity index (χ1n) is 9.04. The Labute approximate surface area is 185 Å². The molecule has 1 nitrogen and oxygen atoms in total. The summed E-state index contributed by atoms with van der Waals surface area (Å²) in [6, 6.07) is 17.8. The molecule has 0 aliphatic heterocycles. The SMILES string of the molecule is C[CH]=[Zr+2][C]1(C2C(CCCO)=Cc3ccccc32)C=Cc2ccccc21.[Cl-].[Cl-]. The van der Waals surface area contributed by atoms with Gasteiger partial charge in [-0.2, -0.15) is 0 Å². The van der Waals surface area contributed by atoms with Crippen molar-refractivity contribution in [3.8, 4) is 0 Å². The van der Waals surface area contributed by atoms with Crippen LogP contribution in [-0.2, 0) is 25.9 Å². The van der Waals surface area contributed by atoms with Crippen LogP contribution in [0.2, 0.25) is 0 Å². The molecule has 0 fully saturated rings. The van der Waals surface area contributed by atoms with Crippen molar-refractivity contribution < 1.29 is 52.7 Å². The van der Waals surface area contributed by atoms with E-state index in [1.165, 1.54) is 27.8 Å². The third-order valence-corrected chi connectivity index (χ3v) is 9.08. The first-order valence-corrected chi connectivity index (χ1v) is 11.7. The third-order valence-electron chi connectivity index (χ3n) is 5.41. The molecule has 27 heavy (non-hydrogen) atoms. The van der Waals surface area contributed by atoms with Crippen molar-refractivity contribution in [2.75, 3.05) is 6.61 Å². The van der Waals surface area contributed by atoms with Gasteiger partial charge in [0.15, 0.2) is 0 Å². The molecule has 0 bridgehead atoms. The molecule has 2 aliphatic rings. The van der Waals surface area contributed by atoms with E-state index in [0.29, 0.717) is 5.92 Å². The molecule has 2 aromatic carbocycles. The normalized spacial score (nSPS) is 21.7. The molecule has 2 unspecified atom stereocenters. The van der Waals surface area contributed by atoms with Crippen LogP contribution in [0.25, 0.3) is 12.2 Å². The zero-order valence-electron chi connectivity index (χ0n) is 15.3. The molecule has 0 aromatic heterocycles. The second-order valence-corrected chi connectivity index (χ2v) is 11.0. The average Bonchev–Trinajstić information content (AvgIpc) is 3.19. The molecular weight excluding hydrogens is 454 g/mol. The molecule has 0 saturated carbocycles. The zero-order valence-corrected chi connectivity index (χ0v) is 19.3. The van der Waals surface area contributed by atoms with Gasteiger partial charge in [-0.1, -0.05) is 0 Å². The molecule has 2 aliphatic carbocycles. The Morgan fingerprint density at radius 3 is 2.48 bits per heavy atom. The number of fused-ring (bicyclic) bond motifs is 2. The average molecular weight is 478 g/mol. The van der Waals surface area contributed by atoms with Gasteiger partial charge in [0.1, 0.15) is 0 Å². The quantitative estimate of drug-likeness (QED) is 0.573. The van der Waals surface area contributed by atoms with Gasteiger partial charge in [0, 0.05) is 0 Å².